The minimum atomic E-state index is -4.49. The number of carbonyl (C=O) groups is 1. The lowest BCUT2D eigenvalue weighted by Crippen LogP contribution is -2.21. The average Bonchev–Trinajstić information content (AvgIpc) is 3.35. The minimum Gasteiger partial charge on any atom is -0.478 e. The largest absolute Gasteiger partial charge is 0.478 e. The second-order valence-corrected chi connectivity index (χ2v) is 9.70. The number of unbranched alkanes of at least 4 members (excludes halogenated alkanes) is 2. The fraction of sp³-hybridized carbons (Fsp3) is 0.281. The van der Waals surface area contributed by atoms with Crippen LogP contribution in [0.2, 0.25) is 0 Å². The number of fused-ring (bicyclic) bond motifs is 1. The van der Waals surface area contributed by atoms with Gasteiger partial charge in [0.1, 0.15) is 0 Å². The third-order valence-electron chi connectivity index (χ3n) is 6.46. The molecule has 0 saturated heterocycles. The predicted octanol–water partition coefficient (Wildman–Crippen LogP) is 7.64. The first kappa shape index (κ1) is 30.5. The van der Waals surface area contributed by atoms with E-state index in [0.717, 1.165) is 25.7 Å². The quantitative estimate of drug-likeness (QED) is 0.0737. The molecule has 42 heavy (non-hydrogen) atoms. The minimum absolute atomic E-state index is 0.0400. The Morgan fingerprint density at radius 3 is 2.52 bits per heavy atom. The Labute approximate surface area is 241 Å². The Bertz CT molecular complexity index is 1530. The summed E-state index contributed by atoms with van der Waals surface area (Å²) in [4.78, 5) is 15.9. The predicted molar refractivity (Wildman–Crippen MR) is 155 cm³/mol. The van der Waals surface area contributed by atoms with E-state index in [4.69, 9.17) is 4.74 Å². The van der Waals surface area contributed by atoms with Crippen LogP contribution in [0.1, 0.15) is 55.7 Å². The summed E-state index contributed by atoms with van der Waals surface area (Å²) in [5, 5.41) is 9.11. The van der Waals surface area contributed by atoms with Crippen molar-refractivity contribution in [3.63, 3.8) is 0 Å². The molecule has 6 nitrogen and oxygen atoms in total. The van der Waals surface area contributed by atoms with Crippen LogP contribution in [-0.2, 0) is 4.79 Å². The number of hydrogen-bond donors (Lipinski definition) is 2. The average molecular weight is 581 g/mol. The molecule has 2 aromatic carbocycles. The van der Waals surface area contributed by atoms with Gasteiger partial charge in [-0.05, 0) is 72.2 Å². The molecule has 0 radical (unpaired) electrons. The lowest BCUT2D eigenvalue weighted by molar-refractivity contribution is -0.123. The van der Waals surface area contributed by atoms with Crippen LogP contribution in [0.3, 0.4) is 0 Å². The van der Waals surface area contributed by atoms with E-state index < -0.39 is 18.5 Å². The zero-order valence-electron chi connectivity index (χ0n) is 23.2. The number of hydrogen-bond acceptors (Lipinski definition) is 4. The number of ether oxygens (including phenoxy) is 1. The molecular weight excluding hydrogens is 548 g/mol. The molecule has 10 heteroatoms. The maximum atomic E-state index is 14.4. The van der Waals surface area contributed by atoms with E-state index in [0.29, 0.717) is 41.2 Å². The van der Waals surface area contributed by atoms with Gasteiger partial charge in [0.15, 0.2) is 0 Å². The number of amides is 1. The topological polar surface area (TPSA) is 79.9 Å². The van der Waals surface area contributed by atoms with Crippen LogP contribution < -0.4 is 10.1 Å². The molecule has 1 amide bonds. The van der Waals surface area contributed by atoms with Crippen molar-refractivity contribution < 1.29 is 27.1 Å². The van der Waals surface area contributed by atoms with Crippen molar-refractivity contribution in [2.45, 2.75) is 45.2 Å². The number of halogens is 4. The number of aromatic nitrogens is 3. The number of nitrogens with one attached hydrogen (secondary N) is 2. The van der Waals surface area contributed by atoms with Gasteiger partial charge in [-0.25, -0.2) is 4.98 Å². The molecule has 220 valence electrons. The summed E-state index contributed by atoms with van der Waals surface area (Å²) in [7, 11) is 0. The van der Waals surface area contributed by atoms with Crippen molar-refractivity contribution in [3.05, 3.63) is 102 Å². The highest BCUT2D eigenvalue weighted by atomic mass is 19.4. The molecule has 0 aliphatic rings. The highest BCUT2D eigenvalue weighted by Gasteiger charge is 2.31. The van der Waals surface area contributed by atoms with Crippen LogP contribution in [0.5, 0.6) is 5.88 Å². The molecule has 0 aliphatic heterocycles. The summed E-state index contributed by atoms with van der Waals surface area (Å²) in [5.74, 6) is -0.437. The van der Waals surface area contributed by atoms with Crippen molar-refractivity contribution in [2.24, 2.45) is 0 Å². The number of rotatable bonds is 13. The van der Waals surface area contributed by atoms with Crippen LogP contribution in [0.25, 0.3) is 22.0 Å². The van der Waals surface area contributed by atoms with E-state index in [9.17, 15) is 22.4 Å². The maximum Gasteiger partial charge on any atom is 0.393 e. The molecule has 0 aliphatic carbocycles. The Hall–Kier alpha value is -4.47. The zero-order chi connectivity index (χ0) is 30.0. The van der Waals surface area contributed by atoms with Gasteiger partial charge in [-0.1, -0.05) is 49.4 Å². The lowest BCUT2D eigenvalue weighted by atomic mass is 9.88. The molecular formula is C32H32F4N4O2. The molecule has 0 unspecified atom stereocenters. The molecule has 0 spiro atoms. The molecule has 0 atom stereocenters. The first-order valence-corrected chi connectivity index (χ1v) is 13.8. The summed E-state index contributed by atoms with van der Waals surface area (Å²) < 4.78 is 61.8. The van der Waals surface area contributed by atoms with Crippen molar-refractivity contribution in [1.82, 2.24) is 20.5 Å². The fourth-order valence-corrected chi connectivity index (χ4v) is 4.48. The van der Waals surface area contributed by atoms with Crippen LogP contribution in [0.15, 0.2) is 79.0 Å². The Morgan fingerprint density at radius 1 is 1.02 bits per heavy atom. The Kier molecular flexibility index (Phi) is 10.5. The van der Waals surface area contributed by atoms with Gasteiger partial charge in [-0.2, -0.15) is 22.7 Å². The van der Waals surface area contributed by atoms with Gasteiger partial charge >= 0.3 is 6.18 Å². The van der Waals surface area contributed by atoms with Gasteiger partial charge in [0, 0.05) is 24.4 Å². The van der Waals surface area contributed by atoms with Gasteiger partial charge in [-0.15, -0.1) is 0 Å². The molecule has 4 rings (SSSR count). The third-order valence-corrected chi connectivity index (χ3v) is 6.46. The monoisotopic (exact) mass is 580 g/mol. The van der Waals surface area contributed by atoms with Gasteiger partial charge < -0.3 is 10.1 Å². The van der Waals surface area contributed by atoms with Crippen molar-refractivity contribution in [1.29, 1.82) is 0 Å². The standard InChI is InChI=1S/C32H32F4N4O2/c1-2-17-37-28(41)12-8-3-4-9-18-42-29-16-14-24(21-38-29)30(23-13-15-27-25(19-23)31(33)40-39-27)26(20-32(34,35)36)22-10-6-5-7-11-22/h5-8,10-16,19,21H,2-4,9,17-18,20H2,1H3,(H,37,41)(H,39,40)/b12-8+,30-26-. The molecule has 2 N–H and O–H groups in total. The second-order valence-electron chi connectivity index (χ2n) is 9.70. The number of H-pyrrole nitrogens is 1. The zero-order valence-corrected chi connectivity index (χ0v) is 23.2. The smallest absolute Gasteiger partial charge is 0.393 e. The van der Waals surface area contributed by atoms with E-state index >= 15 is 0 Å². The Morgan fingerprint density at radius 2 is 1.81 bits per heavy atom. The highest BCUT2D eigenvalue weighted by Crippen LogP contribution is 2.40. The van der Waals surface area contributed by atoms with Crippen molar-refractivity contribution in [2.75, 3.05) is 13.2 Å². The lowest BCUT2D eigenvalue weighted by Gasteiger charge is -2.19. The van der Waals surface area contributed by atoms with Crippen LogP contribution in [0, 0.1) is 5.95 Å². The highest BCUT2D eigenvalue weighted by molar-refractivity contribution is 6.00. The first-order valence-electron chi connectivity index (χ1n) is 13.8. The Balaban J connectivity index is 1.56. The van der Waals surface area contributed by atoms with Crippen molar-refractivity contribution in [3.8, 4) is 5.88 Å². The summed E-state index contributed by atoms with van der Waals surface area (Å²) in [5.41, 5.74) is 1.92. The maximum absolute atomic E-state index is 14.4. The molecule has 0 bridgehead atoms. The van der Waals surface area contributed by atoms with Crippen LogP contribution in [0.4, 0.5) is 17.6 Å². The number of carbonyl (C=O) groups excluding carboxylic acids is 1. The third kappa shape index (κ3) is 8.52. The molecule has 0 fully saturated rings. The van der Waals surface area contributed by atoms with Gasteiger partial charge in [-0.3, -0.25) is 9.89 Å². The van der Waals surface area contributed by atoms with Crippen LogP contribution in [-0.4, -0.2) is 40.4 Å². The second kappa shape index (κ2) is 14.4. The summed E-state index contributed by atoms with van der Waals surface area (Å²) >= 11 is 0. The number of alkyl halides is 3. The van der Waals surface area contributed by atoms with E-state index in [-0.39, 0.29) is 22.4 Å². The van der Waals surface area contributed by atoms with Gasteiger partial charge in [0.25, 0.3) is 0 Å². The van der Waals surface area contributed by atoms with Gasteiger partial charge in [0.2, 0.25) is 17.7 Å². The number of benzene rings is 2. The number of allylic oxidation sites excluding steroid dienone is 2. The van der Waals surface area contributed by atoms with Crippen molar-refractivity contribution >= 4 is 28.0 Å². The summed E-state index contributed by atoms with van der Waals surface area (Å²) in [6.45, 7) is 3.03. The summed E-state index contributed by atoms with van der Waals surface area (Å²) in [6, 6.07) is 16.3. The molecule has 2 heterocycles. The van der Waals surface area contributed by atoms with E-state index in [1.165, 1.54) is 18.3 Å². The molecule has 2 aromatic heterocycles. The summed E-state index contributed by atoms with van der Waals surface area (Å²) in [6.07, 6.45) is 2.30. The number of aromatic amines is 1. The SMILES string of the molecule is CCCNC(=O)/C=C/CCCCOc1ccc(/C(=C(/CC(F)(F)F)c2ccccc2)c2ccc3n[nH]c(F)c3c2)cn1. The van der Waals surface area contributed by atoms with E-state index in [1.807, 2.05) is 13.0 Å². The van der Waals surface area contributed by atoms with Gasteiger partial charge in [0.05, 0.1) is 23.9 Å². The first-order chi connectivity index (χ1) is 20.2. The molecule has 0 saturated carbocycles. The normalized spacial score (nSPS) is 12.5. The van der Waals surface area contributed by atoms with Crippen LogP contribution >= 0.6 is 0 Å². The molecule has 4 aromatic rings. The number of pyridine rings is 1. The number of nitrogens with zero attached hydrogens (tertiary/aromatic N) is 2. The van der Waals surface area contributed by atoms with E-state index in [1.54, 1.807) is 54.6 Å². The van der Waals surface area contributed by atoms with E-state index in [2.05, 4.69) is 20.5 Å². The fourth-order valence-electron chi connectivity index (χ4n) is 4.48.